The van der Waals surface area contributed by atoms with Gasteiger partial charge in [-0.15, -0.1) is 0 Å². The highest BCUT2D eigenvalue weighted by Gasteiger charge is 2.25. The van der Waals surface area contributed by atoms with Gasteiger partial charge in [0.25, 0.3) is 5.56 Å². The van der Waals surface area contributed by atoms with Crippen molar-refractivity contribution in [3.05, 3.63) is 112 Å². The highest BCUT2D eigenvalue weighted by molar-refractivity contribution is 6.41. The molecule has 5 aromatic rings. The molecular formula is C34H29Cl2N7O5. The van der Waals surface area contributed by atoms with Crippen molar-refractivity contribution in [3.8, 4) is 22.8 Å². The molecule has 5 rings (SSSR count). The number of carbonyl (C=O) groups excluding carboxylic acids is 2. The summed E-state index contributed by atoms with van der Waals surface area (Å²) in [6.07, 6.45) is 3.79. The first-order chi connectivity index (χ1) is 23.1. The van der Waals surface area contributed by atoms with E-state index in [-0.39, 0.29) is 62.4 Å². The summed E-state index contributed by atoms with van der Waals surface area (Å²) in [5.41, 5.74) is 2.99. The topological polar surface area (TPSA) is 149 Å². The van der Waals surface area contributed by atoms with Crippen molar-refractivity contribution in [2.45, 2.75) is 13.5 Å². The van der Waals surface area contributed by atoms with Crippen molar-refractivity contribution in [1.82, 2.24) is 19.5 Å². The molecule has 14 heteroatoms. The minimum Gasteiger partial charge on any atom is -0.495 e. The lowest BCUT2D eigenvalue weighted by atomic mass is 10.1. The molecule has 2 amide bonds. The fourth-order valence-electron chi connectivity index (χ4n) is 4.80. The molecule has 0 bridgehead atoms. The van der Waals surface area contributed by atoms with E-state index in [1.54, 1.807) is 36.4 Å². The van der Waals surface area contributed by atoms with Crippen molar-refractivity contribution in [3.63, 3.8) is 0 Å². The molecule has 0 spiro atoms. The van der Waals surface area contributed by atoms with E-state index in [1.807, 2.05) is 13.0 Å². The molecule has 0 atom stereocenters. The maximum atomic E-state index is 14.4. The van der Waals surface area contributed by atoms with Crippen LogP contribution in [0.25, 0.3) is 22.4 Å². The summed E-state index contributed by atoms with van der Waals surface area (Å²) in [5.74, 6) is -0.160. The van der Waals surface area contributed by atoms with Crippen molar-refractivity contribution >= 4 is 69.2 Å². The van der Waals surface area contributed by atoms with Crippen LogP contribution in [0.1, 0.15) is 11.1 Å². The van der Waals surface area contributed by atoms with Gasteiger partial charge in [-0.1, -0.05) is 60.6 Å². The van der Waals surface area contributed by atoms with E-state index in [2.05, 4.69) is 44.1 Å². The molecule has 0 radical (unpaired) electrons. The molecule has 0 saturated carbocycles. The van der Waals surface area contributed by atoms with Gasteiger partial charge in [0, 0.05) is 11.8 Å². The molecule has 0 aliphatic carbocycles. The summed E-state index contributed by atoms with van der Waals surface area (Å²) < 4.78 is 12.3. The second-order valence-corrected chi connectivity index (χ2v) is 11.0. The van der Waals surface area contributed by atoms with Gasteiger partial charge in [0.1, 0.15) is 22.7 Å². The Morgan fingerprint density at radius 1 is 0.938 bits per heavy atom. The Bertz CT molecular complexity index is 2120. The van der Waals surface area contributed by atoms with E-state index in [4.69, 9.17) is 32.7 Å². The van der Waals surface area contributed by atoms with Crippen molar-refractivity contribution in [2.24, 2.45) is 0 Å². The van der Waals surface area contributed by atoms with Crippen LogP contribution in [0, 0.1) is 6.92 Å². The quantitative estimate of drug-likeness (QED) is 0.132. The molecule has 0 unspecified atom stereocenters. The summed E-state index contributed by atoms with van der Waals surface area (Å²) >= 11 is 13.4. The molecule has 0 fully saturated rings. The van der Waals surface area contributed by atoms with Gasteiger partial charge in [0.2, 0.25) is 17.8 Å². The van der Waals surface area contributed by atoms with Crippen LogP contribution in [0.3, 0.4) is 0 Å². The molecule has 3 aromatic carbocycles. The highest BCUT2D eigenvalue weighted by Crippen LogP contribution is 2.44. The number of carbonyl (C=O) groups is 2. The average Bonchev–Trinajstić information content (AvgIpc) is 3.08. The van der Waals surface area contributed by atoms with Crippen LogP contribution in [0.5, 0.6) is 11.5 Å². The van der Waals surface area contributed by atoms with Gasteiger partial charge < -0.3 is 25.4 Å². The predicted molar refractivity (Wildman–Crippen MR) is 188 cm³/mol. The van der Waals surface area contributed by atoms with Gasteiger partial charge in [-0.2, -0.15) is 4.98 Å². The van der Waals surface area contributed by atoms with Gasteiger partial charge in [-0.3, -0.25) is 19.0 Å². The summed E-state index contributed by atoms with van der Waals surface area (Å²) in [4.78, 5) is 52.0. The van der Waals surface area contributed by atoms with Crippen molar-refractivity contribution in [2.75, 3.05) is 30.2 Å². The molecule has 0 saturated heterocycles. The monoisotopic (exact) mass is 685 g/mol. The summed E-state index contributed by atoms with van der Waals surface area (Å²) in [6, 6.07) is 13.8. The molecular weight excluding hydrogens is 657 g/mol. The number of benzene rings is 3. The Morgan fingerprint density at radius 2 is 1.58 bits per heavy atom. The van der Waals surface area contributed by atoms with E-state index in [0.29, 0.717) is 22.6 Å². The Morgan fingerprint density at radius 3 is 2.21 bits per heavy atom. The molecule has 3 N–H and O–H groups in total. The minimum absolute atomic E-state index is 0.0400. The van der Waals surface area contributed by atoms with E-state index in [9.17, 15) is 14.4 Å². The lowest BCUT2D eigenvalue weighted by molar-refractivity contribution is -0.112. The number of hydrogen-bond donors (Lipinski definition) is 3. The number of hydrogen-bond acceptors (Lipinski definition) is 9. The predicted octanol–water partition coefficient (Wildman–Crippen LogP) is 6.53. The number of fused-ring (bicyclic) bond motifs is 1. The third-order valence-corrected chi connectivity index (χ3v) is 7.95. The number of anilines is 4. The Kier molecular flexibility index (Phi) is 10.1. The smallest absolute Gasteiger partial charge is 0.279 e. The fraction of sp³-hybridized carbons (Fsp3) is 0.118. The lowest BCUT2D eigenvalue weighted by Gasteiger charge is -2.17. The third kappa shape index (κ3) is 6.85. The van der Waals surface area contributed by atoms with Crippen molar-refractivity contribution in [1.29, 1.82) is 0 Å². The highest BCUT2D eigenvalue weighted by atomic mass is 35.5. The van der Waals surface area contributed by atoms with Gasteiger partial charge >= 0.3 is 0 Å². The second kappa shape index (κ2) is 14.4. The van der Waals surface area contributed by atoms with Crippen LogP contribution >= 0.6 is 23.2 Å². The maximum absolute atomic E-state index is 14.4. The molecule has 0 aliphatic heterocycles. The number of ether oxygens (including phenoxy) is 2. The number of methoxy groups -OCH3 is 2. The van der Waals surface area contributed by atoms with Gasteiger partial charge in [0.05, 0.1) is 53.9 Å². The van der Waals surface area contributed by atoms with E-state index in [1.165, 1.54) is 37.1 Å². The van der Waals surface area contributed by atoms with Crippen LogP contribution in [-0.2, 0) is 16.1 Å². The number of aromatic nitrogens is 4. The van der Waals surface area contributed by atoms with Crippen LogP contribution in [-0.4, -0.2) is 45.6 Å². The zero-order chi connectivity index (χ0) is 34.5. The van der Waals surface area contributed by atoms with Crippen molar-refractivity contribution < 1.29 is 19.1 Å². The first-order valence-electron chi connectivity index (χ1n) is 14.3. The van der Waals surface area contributed by atoms with Gasteiger partial charge in [-0.25, -0.2) is 9.97 Å². The number of nitrogens with one attached hydrogen (secondary N) is 3. The standard InChI is InChI=1S/C34H29Cl2N7O5/c1-6-25(44)38-20-13-11-19(12-14-20)17-43-32-22(40-31(33(43)46)27-28(35)23(47-4)15-24(48-5)29(27)36)16-37-34(42-32)41-30-18(3)9-8-10-21(30)39-26(45)7-2/h6-16H,1-2,17H2,3-5H3,(H,38,44)(H,39,45)(H,37,41,42). The summed E-state index contributed by atoms with van der Waals surface area (Å²) in [6.45, 7) is 8.87. The number of para-hydroxylation sites is 1. The molecule has 244 valence electrons. The van der Waals surface area contributed by atoms with Gasteiger partial charge in [0.15, 0.2) is 5.65 Å². The second-order valence-electron chi connectivity index (χ2n) is 10.2. The zero-order valence-corrected chi connectivity index (χ0v) is 27.6. The number of aryl methyl sites for hydroxylation is 1. The van der Waals surface area contributed by atoms with Crippen LogP contribution < -0.4 is 31.0 Å². The summed E-state index contributed by atoms with van der Waals surface area (Å²) in [5, 5.41) is 8.75. The molecule has 2 heterocycles. The Balaban J connectivity index is 1.69. The lowest BCUT2D eigenvalue weighted by Crippen LogP contribution is -2.25. The number of rotatable bonds is 11. The molecule has 2 aromatic heterocycles. The summed E-state index contributed by atoms with van der Waals surface area (Å²) in [7, 11) is 2.85. The first-order valence-corrected chi connectivity index (χ1v) is 15.0. The minimum atomic E-state index is -0.565. The van der Waals surface area contributed by atoms with Crippen LogP contribution in [0.4, 0.5) is 23.0 Å². The number of nitrogens with zero attached hydrogens (tertiary/aromatic N) is 4. The molecule has 0 aliphatic rings. The molecule has 48 heavy (non-hydrogen) atoms. The normalized spacial score (nSPS) is 10.7. The Labute approximate surface area is 285 Å². The zero-order valence-electron chi connectivity index (χ0n) is 26.1. The Hall–Kier alpha value is -5.72. The van der Waals surface area contributed by atoms with E-state index >= 15 is 0 Å². The maximum Gasteiger partial charge on any atom is 0.279 e. The first kappa shape index (κ1) is 33.6. The van der Waals surface area contributed by atoms with E-state index < -0.39 is 11.5 Å². The largest absolute Gasteiger partial charge is 0.495 e. The van der Waals surface area contributed by atoms with E-state index in [0.717, 1.165) is 11.6 Å². The molecule has 12 nitrogen and oxygen atoms in total. The number of halogens is 2. The SMILES string of the molecule is C=CC(=O)Nc1ccc(Cn2c(=O)c(-c3c(Cl)c(OC)cc(OC)c3Cl)nc3cnc(Nc4c(C)cccc4NC(=O)C=C)nc32)cc1. The fourth-order valence-corrected chi connectivity index (χ4v) is 5.48. The number of amides is 2. The van der Waals surface area contributed by atoms with Crippen LogP contribution in [0.15, 0.2) is 84.8 Å². The average molecular weight is 687 g/mol. The third-order valence-electron chi connectivity index (χ3n) is 7.20. The van der Waals surface area contributed by atoms with Crippen LogP contribution in [0.2, 0.25) is 10.0 Å². The van der Waals surface area contributed by atoms with Gasteiger partial charge in [-0.05, 0) is 48.4 Å².